The molecule has 0 bridgehead atoms. The molecule has 4 rings (SSSR count). The van der Waals surface area contributed by atoms with Gasteiger partial charge in [0.2, 0.25) is 0 Å². The van der Waals surface area contributed by atoms with Gasteiger partial charge in [0, 0.05) is 0 Å². The van der Waals surface area contributed by atoms with Crippen molar-refractivity contribution in [2.24, 2.45) is 0 Å². The van der Waals surface area contributed by atoms with Gasteiger partial charge in [-0.15, -0.1) is 0 Å². The van der Waals surface area contributed by atoms with Crippen LogP contribution in [0.5, 0.6) is 0 Å². The van der Waals surface area contributed by atoms with Gasteiger partial charge in [0.25, 0.3) is 0 Å². The van der Waals surface area contributed by atoms with Gasteiger partial charge < -0.3 is 0 Å². The van der Waals surface area contributed by atoms with E-state index in [1.807, 2.05) is 0 Å². The van der Waals surface area contributed by atoms with Gasteiger partial charge in [-0.2, -0.15) is 0 Å². The molecule has 4 aromatic rings. The van der Waals surface area contributed by atoms with Crippen LogP contribution in [0.4, 0.5) is 0 Å². The van der Waals surface area contributed by atoms with E-state index in [2.05, 4.69) is 121 Å². The summed E-state index contributed by atoms with van der Waals surface area (Å²) >= 11 is -3.63. The molecule has 2 heteroatoms. The summed E-state index contributed by atoms with van der Waals surface area (Å²) in [5.41, 5.74) is 0. The molecule has 4 aromatic carbocycles. The first kappa shape index (κ1) is 18.9. The second-order valence-corrected chi connectivity index (χ2v) is 23.3. The van der Waals surface area contributed by atoms with Gasteiger partial charge in [-0.05, 0) is 0 Å². The number of benzene rings is 4. The topological polar surface area (TPSA) is 0 Å². The van der Waals surface area contributed by atoms with Crippen LogP contribution in [0.2, 0.25) is 2.31 Å². The molecule has 0 aliphatic carbocycles. The van der Waals surface area contributed by atoms with Crippen molar-refractivity contribution in [1.29, 1.82) is 0 Å². The average molecular weight is 566 g/mol. The standard InChI is InChI=1S/4C6H5.CH2.2Sb/c4*1-2-4-6-5-3-1;;;/h4*1-5H;1H2;;. The molecule has 132 valence electrons. The molecule has 0 nitrogen and oxygen atoms in total. The zero-order valence-corrected chi connectivity index (χ0v) is 20.3. The fourth-order valence-corrected chi connectivity index (χ4v) is 31.6. The summed E-state index contributed by atoms with van der Waals surface area (Å²) in [7, 11) is 0. The molecule has 0 fully saturated rings. The maximum atomic E-state index is 2.37. The van der Waals surface area contributed by atoms with Crippen LogP contribution in [0, 0.1) is 0 Å². The molecule has 0 radical (unpaired) electrons. The Balaban J connectivity index is 1.77. The van der Waals surface area contributed by atoms with Gasteiger partial charge in [-0.1, -0.05) is 0 Å². The van der Waals surface area contributed by atoms with Crippen molar-refractivity contribution in [2.45, 2.75) is 2.31 Å². The molecule has 0 N–H and O–H groups in total. The first-order valence-corrected chi connectivity index (χ1v) is 17.9. The average Bonchev–Trinajstić information content (AvgIpc) is 2.77. The van der Waals surface area contributed by atoms with E-state index in [9.17, 15) is 0 Å². The molecule has 0 atom stereocenters. The van der Waals surface area contributed by atoms with Crippen molar-refractivity contribution < 1.29 is 0 Å². The minimum absolute atomic E-state index is 1.41. The Kier molecular flexibility index (Phi) is 6.73. The summed E-state index contributed by atoms with van der Waals surface area (Å²) in [5, 5.41) is 0. The summed E-state index contributed by atoms with van der Waals surface area (Å²) in [6.45, 7) is 0. The Morgan fingerprint density at radius 1 is 0.333 bits per heavy atom. The normalized spacial score (nSPS) is 11.0. The summed E-state index contributed by atoms with van der Waals surface area (Å²) < 4.78 is 7.83. The van der Waals surface area contributed by atoms with E-state index in [0.29, 0.717) is 0 Å². The van der Waals surface area contributed by atoms with Crippen LogP contribution in [0.1, 0.15) is 0 Å². The Bertz CT molecular complexity index is 778. The van der Waals surface area contributed by atoms with Crippen LogP contribution in [0.15, 0.2) is 121 Å². The van der Waals surface area contributed by atoms with Crippen LogP contribution in [0.3, 0.4) is 0 Å². The quantitative estimate of drug-likeness (QED) is 0.315. The molecule has 0 amide bonds. The molecule has 0 spiro atoms. The van der Waals surface area contributed by atoms with E-state index in [-0.39, 0.29) is 0 Å². The first-order valence-electron chi connectivity index (χ1n) is 9.17. The molecule has 0 saturated heterocycles. The van der Waals surface area contributed by atoms with E-state index in [1.54, 1.807) is 14.0 Å². The number of hydrogen-bond donors (Lipinski definition) is 0. The predicted molar refractivity (Wildman–Crippen MR) is 121 cm³/mol. The Hall–Kier alpha value is -1.48. The van der Waals surface area contributed by atoms with Crippen LogP contribution in [-0.2, 0) is 0 Å². The summed E-state index contributed by atoms with van der Waals surface area (Å²) in [4.78, 5) is 0. The van der Waals surface area contributed by atoms with Crippen LogP contribution < -0.4 is 14.0 Å². The molecular formula is C25H22Sb2. The van der Waals surface area contributed by atoms with Crippen LogP contribution in [0.25, 0.3) is 0 Å². The Labute approximate surface area is 176 Å². The van der Waals surface area contributed by atoms with Crippen molar-refractivity contribution >= 4 is 54.5 Å². The Morgan fingerprint density at radius 2 is 0.556 bits per heavy atom. The van der Waals surface area contributed by atoms with E-state index in [1.165, 1.54) is 2.31 Å². The number of hydrogen-bond acceptors (Lipinski definition) is 0. The van der Waals surface area contributed by atoms with Crippen molar-refractivity contribution in [3.05, 3.63) is 121 Å². The molecular weight excluding hydrogens is 544 g/mol. The van der Waals surface area contributed by atoms with E-state index < -0.39 is 40.4 Å². The molecule has 0 heterocycles. The van der Waals surface area contributed by atoms with E-state index >= 15 is 0 Å². The van der Waals surface area contributed by atoms with Gasteiger partial charge in [-0.25, -0.2) is 0 Å². The third kappa shape index (κ3) is 4.87. The van der Waals surface area contributed by atoms with Gasteiger partial charge in [-0.3, -0.25) is 0 Å². The van der Waals surface area contributed by atoms with Crippen molar-refractivity contribution in [3.63, 3.8) is 0 Å². The molecule has 0 aromatic heterocycles. The summed E-state index contributed by atoms with van der Waals surface area (Å²) in [6, 6.07) is 45.2. The molecule has 0 aliphatic rings. The second-order valence-electron chi connectivity index (χ2n) is 6.34. The fraction of sp³-hybridized carbons (Fsp3) is 0.0400. The second kappa shape index (κ2) is 9.63. The molecule has 0 aliphatic heterocycles. The monoisotopic (exact) mass is 564 g/mol. The van der Waals surface area contributed by atoms with Gasteiger partial charge >= 0.3 is 178 Å². The van der Waals surface area contributed by atoms with Crippen LogP contribution in [-0.4, -0.2) is 40.4 Å². The summed E-state index contributed by atoms with van der Waals surface area (Å²) in [6.07, 6.45) is 0. The first-order chi connectivity index (χ1) is 13.4. The summed E-state index contributed by atoms with van der Waals surface area (Å²) in [5.74, 6) is 0. The van der Waals surface area contributed by atoms with Gasteiger partial charge in [0.1, 0.15) is 0 Å². The van der Waals surface area contributed by atoms with Crippen molar-refractivity contribution in [3.8, 4) is 0 Å². The van der Waals surface area contributed by atoms with Crippen molar-refractivity contribution in [1.82, 2.24) is 0 Å². The zero-order chi connectivity index (χ0) is 18.3. The van der Waals surface area contributed by atoms with Crippen LogP contribution >= 0.6 is 0 Å². The molecule has 0 unspecified atom stereocenters. The third-order valence-electron chi connectivity index (χ3n) is 4.55. The van der Waals surface area contributed by atoms with E-state index in [4.69, 9.17) is 0 Å². The van der Waals surface area contributed by atoms with Gasteiger partial charge in [0.05, 0.1) is 0 Å². The SMILES string of the molecule is c1cc[c]([Sb]([CH2][Sb]([c]2ccccc2)[c]2ccccc2)[c]2ccccc2)cc1. The minimum atomic E-state index is -1.81. The molecule has 0 saturated carbocycles. The third-order valence-corrected chi connectivity index (χ3v) is 27.5. The Morgan fingerprint density at radius 3 is 0.778 bits per heavy atom. The van der Waals surface area contributed by atoms with E-state index in [0.717, 1.165) is 0 Å². The molecule has 27 heavy (non-hydrogen) atoms. The van der Waals surface area contributed by atoms with Gasteiger partial charge in [0.15, 0.2) is 0 Å². The predicted octanol–water partition coefficient (Wildman–Crippen LogP) is 3.14. The van der Waals surface area contributed by atoms with Crippen molar-refractivity contribution in [2.75, 3.05) is 0 Å². The fourth-order valence-electron chi connectivity index (χ4n) is 3.20. The number of rotatable bonds is 6. The maximum absolute atomic E-state index is 2.37. The zero-order valence-electron chi connectivity index (χ0n) is 15.1.